The van der Waals surface area contributed by atoms with Crippen LogP contribution >= 0.6 is 0 Å². The molecule has 0 aromatic heterocycles. The molecule has 2 fully saturated rings. The van der Waals surface area contributed by atoms with E-state index in [-0.39, 0.29) is 17.9 Å². The zero-order valence-corrected chi connectivity index (χ0v) is 9.70. The molecule has 4 atom stereocenters. The second-order valence-electron chi connectivity index (χ2n) is 5.10. The second kappa shape index (κ2) is 4.37. The summed E-state index contributed by atoms with van der Waals surface area (Å²) in [5.41, 5.74) is 13.8. The zero-order valence-electron chi connectivity index (χ0n) is 9.70. The molecular formula is C13H18FN3. The number of nitrogens with two attached hydrogens (primary N) is 1. The third-order valence-electron chi connectivity index (χ3n) is 4.03. The van der Waals surface area contributed by atoms with Crippen molar-refractivity contribution < 1.29 is 4.39 Å². The van der Waals surface area contributed by atoms with Crippen molar-refractivity contribution in [3.8, 4) is 0 Å². The second-order valence-corrected chi connectivity index (χ2v) is 5.10. The van der Waals surface area contributed by atoms with E-state index in [0.717, 1.165) is 18.4 Å². The topological polar surface area (TPSA) is 50.1 Å². The number of rotatable bonds is 1. The highest BCUT2D eigenvalue weighted by Gasteiger charge is 2.42. The van der Waals surface area contributed by atoms with Crippen molar-refractivity contribution >= 4 is 0 Å². The maximum Gasteiger partial charge on any atom is 0.123 e. The Morgan fingerprint density at radius 1 is 1.24 bits per heavy atom. The minimum absolute atomic E-state index is 0.131. The van der Waals surface area contributed by atoms with Crippen molar-refractivity contribution in [2.24, 2.45) is 11.7 Å². The third-order valence-corrected chi connectivity index (χ3v) is 4.03. The Hall–Kier alpha value is -0.970. The van der Waals surface area contributed by atoms with E-state index in [0.29, 0.717) is 12.0 Å². The van der Waals surface area contributed by atoms with Crippen molar-refractivity contribution in [1.29, 1.82) is 0 Å². The molecule has 4 N–H and O–H groups in total. The molecule has 1 aromatic rings. The van der Waals surface area contributed by atoms with Crippen LogP contribution in [0.3, 0.4) is 0 Å². The first-order valence-corrected chi connectivity index (χ1v) is 6.28. The van der Waals surface area contributed by atoms with Crippen molar-refractivity contribution in [2.75, 3.05) is 0 Å². The van der Waals surface area contributed by atoms with Gasteiger partial charge in [0.1, 0.15) is 5.82 Å². The van der Waals surface area contributed by atoms with E-state index in [2.05, 4.69) is 10.9 Å². The molecule has 92 valence electrons. The van der Waals surface area contributed by atoms with Gasteiger partial charge in [-0.25, -0.2) is 9.82 Å². The quantitative estimate of drug-likeness (QED) is 0.691. The predicted octanol–water partition coefficient (Wildman–Crippen LogP) is 1.47. The summed E-state index contributed by atoms with van der Waals surface area (Å²) in [7, 11) is 0. The van der Waals surface area contributed by atoms with Crippen molar-refractivity contribution in [3.05, 3.63) is 35.6 Å². The van der Waals surface area contributed by atoms with Gasteiger partial charge in [0.15, 0.2) is 0 Å². The number of nitrogens with one attached hydrogen (secondary N) is 2. The van der Waals surface area contributed by atoms with Crippen LogP contribution in [0.5, 0.6) is 0 Å². The molecule has 1 aromatic carbocycles. The summed E-state index contributed by atoms with van der Waals surface area (Å²) in [6.07, 6.45) is 3.39. The Labute approximate surface area is 101 Å². The molecule has 2 aliphatic rings. The highest BCUT2D eigenvalue weighted by molar-refractivity contribution is 5.23. The summed E-state index contributed by atoms with van der Waals surface area (Å²) in [6, 6.07) is 7.55. The molecule has 1 aliphatic heterocycles. The van der Waals surface area contributed by atoms with Crippen LogP contribution in [0.25, 0.3) is 0 Å². The monoisotopic (exact) mass is 235 g/mol. The standard InChI is InChI=1S/C13H18FN3/c14-9-4-1-3-8(7-9)13-12-10(15)5-2-6-11(12)16-17-13/h1,3-4,7,10-13,16-17H,2,5-6,15H2. The van der Waals surface area contributed by atoms with Gasteiger partial charge in [-0.2, -0.15) is 0 Å². The number of fused-ring (bicyclic) bond motifs is 1. The molecule has 4 heteroatoms. The Morgan fingerprint density at radius 2 is 2.12 bits per heavy atom. The van der Waals surface area contributed by atoms with Gasteiger partial charge >= 0.3 is 0 Å². The normalized spacial score (nSPS) is 36.8. The van der Waals surface area contributed by atoms with Crippen molar-refractivity contribution in [1.82, 2.24) is 10.9 Å². The third kappa shape index (κ3) is 1.97. The van der Waals surface area contributed by atoms with Gasteiger partial charge in [0.05, 0.1) is 6.04 Å². The van der Waals surface area contributed by atoms with Gasteiger partial charge in [-0.05, 0) is 30.5 Å². The van der Waals surface area contributed by atoms with Crippen molar-refractivity contribution in [2.45, 2.75) is 37.4 Å². The first-order chi connectivity index (χ1) is 8.25. The SMILES string of the molecule is NC1CCCC2NNC(c3cccc(F)c3)C12. The summed E-state index contributed by atoms with van der Waals surface area (Å²) in [5.74, 6) is 0.183. The molecule has 0 amide bonds. The molecular weight excluding hydrogens is 217 g/mol. The Balaban J connectivity index is 1.88. The number of halogens is 1. The smallest absolute Gasteiger partial charge is 0.123 e. The van der Waals surface area contributed by atoms with E-state index >= 15 is 0 Å². The molecule has 3 nitrogen and oxygen atoms in total. The summed E-state index contributed by atoms with van der Waals surface area (Å²) >= 11 is 0. The summed E-state index contributed by atoms with van der Waals surface area (Å²) < 4.78 is 13.3. The first kappa shape index (κ1) is 11.1. The number of hydrazine groups is 1. The molecule has 1 saturated heterocycles. The highest BCUT2D eigenvalue weighted by Crippen LogP contribution is 2.37. The maximum absolute atomic E-state index is 13.3. The lowest BCUT2D eigenvalue weighted by Gasteiger charge is -2.33. The van der Waals surface area contributed by atoms with Gasteiger partial charge in [0.25, 0.3) is 0 Å². The lowest BCUT2D eigenvalue weighted by atomic mass is 9.76. The number of hydrogen-bond donors (Lipinski definition) is 3. The van der Waals surface area contributed by atoms with Crippen LogP contribution in [0.2, 0.25) is 0 Å². The fourth-order valence-corrected chi connectivity index (χ4v) is 3.20. The first-order valence-electron chi connectivity index (χ1n) is 6.28. The van der Waals surface area contributed by atoms with Crippen molar-refractivity contribution in [3.63, 3.8) is 0 Å². The minimum Gasteiger partial charge on any atom is -0.327 e. The van der Waals surface area contributed by atoms with Gasteiger partial charge < -0.3 is 5.73 Å². The highest BCUT2D eigenvalue weighted by atomic mass is 19.1. The molecule has 1 saturated carbocycles. The molecule has 3 rings (SSSR count). The van der Waals surface area contributed by atoms with E-state index < -0.39 is 0 Å². The lowest BCUT2D eigenvalue weighted by Crippen LogP contribution is -2.43. The molecule has 1 heterocycles. The summed E-state index contributed by atoms with van der Waals surface area (Å²) in [5, 5.41) is 0. The molecule has 0 bridgehead atoms. The summed E-state index contributed by atoms with van der Waals surface area (Å²) in [6.45, 7) is 0. The molecule has 0 radical (unpaired) electrons. The van der Waals surface area contributed by atoms with Crippen LogP contribution in [-0.2, 0) is 0 Å². The summed E-state index contributed by atoms with van der Waals surface area (Å²) in [4.78, 5) is 0. The Kier molecular flexibility index (Phi) is 2.86. The van der Waals surface area contributed by atoms with E-state index in [4.69, 9.17) is 5.73 Å². The predicted molar refractivity (Wildman–Crippen MR) is 64.5 cm³/mol. The molecule has 17 heavy (non-hydrogen) atoms. The number of hydrogen-bond acceptors (Lipinski definition) is 3. The maximum atomic E-state index is 13.3. The largest absolute Gasteiger partial charge is 0.327 e. The fourth-order valence-electron chi connectivity index (χ4n) is 3.20. The van der Waals surface area contributed by atoms with Crippen LogP contribution in [0.1, 0.15) is 30.9 Å². The average Bonchev–Trinajstić information content (AvgIpc) is 2.74. The van der Waals surface area contributed by atoms with E-state index in [1.54, 1.807) is 12.1 Å². The van der Waals surface area contributed by atoms with Gasteiger partial charge in [0.2, 0.25) is 0 Å². The van der Waals surface area contributed by atoms with Gasteiger partial charge in [-0.1, -0.05) is 18.6 Å². The average molecular weight is 235 g/mol. The van der Waals surface area contributed by atoms with Crippen LogP contribution in [0, 0.1) is 11.7 Å². The van der Waals surface area contributed by atoms with E-state index in [1.165, 1.54) is 12.5 Å². The van der Waals surface area contributed by atoms with E-state index in [1.807, 2.05) is 6.07 Å². The molecule has 1 aliphatic carbocycles. The molecule has 4 unspecified atom stereocenters. The fraction of sp³-hybridized carbons (Fsp3) is 0.538. The Morgan fingerprint density at radius 3 is 2.94 bits per heavy atom. The van der Waals surface area contributed by atoms with E-state index in [9.17, 15) is 4.39 Å². The van der Waals surface area contributed by atoms with Crippen LogP contribution < -0.4 is 16.6 Å². The zero-order chi connectivity index (χ0) is 11.8. The van der Waals surface area contributed by atoms with Crippen LogP contribution in [0.15, 0.2) is 24.3 Å². The number of benzene rings is 1. The lowest BCUT2D eigenvalue weighted by molar-refractivity contribution is 0.265. The molecule has 0 spiro atoms. The van der Waals surface area contributed by atoms with Crippen LogP contribution in [-0.4, -0.2) is 12.1 Å². The Bertz CT molecular complexity index is 409. The minimum atomic E-state index is -0.183. The van der Waals surface area contributed by atoms with Gasteiger partial charge in [-0.3, -0.25) is 5.43 Å². The van der Waals surface area contributed by atoms with Crippen LogP contribution in [0.4, 0.5) is 4.39 Å². The van der Waals surface area contributed by atoms with Gasteiger partial charge in [0, 0.05) is 18.0 Å². The van der Waals surface area contributed by atoms with Gasteiger partial charge in [-0.15, -0.1) is 0 Å².